The Labute approximate surface area is 110 Å². The van der Waals surface area contributed by atoms with Gasteiger partial charge < -0.3 is 10.3 Å². The fraction of sp³-hybridized carbons (Fsp3) is 0.545. The third kappa shape index (κ3) is 2.87. The number of H-pyrrole nitrogens is 1. The number of aromatic amines is 1. The summed E-state index contributed by atoms with van der Waals surface area (Å²) in [6.45, 7) is 1.96. The SMILES string of the molecule is CC(NC(=O)c1cc(S(=O)(=O)Cl)c[nH]1)C1CCC1. The Bertz CT molecular complexity index is 548. The van der Waals surface area contributed by atoms with E-state index in [1.807, 2.05) is 6.92 Å². The van der Waals surface area contributed by atoms with Crippen LogP contribution in [0.15, 0.2) is 17.2 Å². The first-order valence-corrected chi connectivity index (χ1v) is 8.13. The molecule has 0 bridgehead atoms. The van der Waals surface area contributed by atoms with Gasteiger partial charge in [0.15, 0.2) is 0 Å². The molecule has 100 valence electrons. The predicted octanol–water partition coefficient (Wildman–Crippen LogP) is 1.86. The van der Waals surface area contributed by atoms with Crippen molar-refractivity contribution in [3.05, 3.63) is 18.0 Å². The van der Waals surface area contributed by atoms with Gasteiger partial charge >= 0.3 is 0 Å². The maximum Gasteiger partial charge on any atom is 0.267 e. The molecule has 0 radical (unpaired) electrons. The van der Waals surface area contributed by atoms with Gasteiger partial charge in [0.25, 0.3) is 15.0 Å². The topological polar surface area (TPSA) is 79.0 Å². The zero-order valence-corrected chi connectivity index (χ0v) is 11.5. The summed E-state index contributed by atoms with van der Waals surface area (Å²) in [5, 5.41) is 2.85. The minimum absolute atomic E-state index is 0.0920. The van der Waals surface area contributed by atoms with E-state index in [4.69, 9.17) is 10.7 Å². The molecule has 0 aromatic carbocycles. The molecule has 1 fully saturated rings. The maximum atomic E-state index is 11.9. The number of nitrogens with one attached hydrogen (secondary N) is 2. The van der Waals surface area contributed by atoms with E-state index in [-0.39, 0.29) is 22.5 Å². The molecule has 1 heterocycles. The molecular formula is C11H15ClN2O3S. The summed E-state index contributed by atoms with van der Waals surface area (Å²) in [4.78, 5) is 14.4. The molecule has 0 spiro atoms. The van der Waals surface area contributed by atoms with Crippen molar-refractivity contribution in [3.8, 4) is 0 Å². The van der Waals surface area contributed by atoms with Crippen molar-refractivity contribution in [3.63, 3.8) is 0 Å². The third-order valence-electron chi connectivity index (χ3n) is 3.40. The van der Waals surface area contributed by atoms with E-state index in [1.54, 1.807) is 0 Å². The molecule has 18 heavy (non-hydrogen) atoms. The maximum absolute atomic E-state index is 11.9. The van der Waals surface area contributed by atoms with Crippen LogP contribution in [-0.4, -0.2) is 25.4 Å². The molecule has 1 aliphatic rings. The van der Waals surface area contributed by atoms with Gasteiger partial charge in [-0.25, -0.2) is 8.42 Å². The quantitative estimate of drug-likeness (QED) is 0.831. The van der Waals surface area contributed by atoms with E-state index in [9.17, 15) is 13.2 Å². The molecule has 1 aromatic rings. The minimum Gasteiger partial charge on any atom is -0.356 e. The van der Waals surface area contributed by atoms with E-state index in [0.29, 0.717) is 5.92 Å². The van der Waals surface area contributed by atoms with Gasteiger partial charge in [-0.2, -0.15) is 0 Å². The molecule has 5 nitrogen and oxygen atoms in total. The number of amides is 1. The standard InChI is InChI=1S/C11H15ClN2O3S/c1-7(8-3-2-4-8)14-11(15)10-5-9(6-13-10)18(12,16)17/h5-8,13H,2-4H2,1H3,(H,14,15). The van der Waals surface area contributed by atoms with Crippen LogP contribution < -0.4 is 5.32 Å². The van der Waals surface area contributed by atoms with Gasteiger partial charge in [0.1, 0.15) is 10.6 Å². The summed E-state index contributed by atoms with van der Waals surface area (Å²) in [6, 6.07) is 1.34. The number of rotatable bonds is 4. The minimum atomic E-state index is -3.79. The van der Waals surface area contributed by atoms with Crippen LogP contribution >= 0.6 is 10.7 Å². The van der Waals surface area contributed by atoms with Gasteiger partial charge in [-0.1, -0.05) is 6.42 Å². The van der Waals surface area contributed by atoms with Crippen molar-refractivity contribution in [2.75, 3.05) is 0 Å². The van der Waals surface area contributed by atoms with Crippen LogP contribution in [0.5, 0.6) is 0 Å². The summed E-state index contributed by atoms with van der Waals surface area (Å²) in [7, 11) is 1.39. The number of hydrogen-bond donors (Lipinski definition) is 2. The van der Waals surface area contributed by atoms with Crippen LogP contribution in [0.2, 0.25) is 0 Å². The summed E-state index contributed by atoms with van der Waals surface area (Å²) in [5.74, 6) is 0.223. The monoisotopic (exact) mass is 290 g/mol. The highest BCUT2D eigenvalue weighted by Gasteiger charge is 2.26. The van der Waals surface area contributed by atoms with Crippen LogP contribution in [0.3, 0.4) is 0 Å². The number of carbonyl (C=O) groups excluding carboxylic acids is 1. The highest BCUT2D eigenvalue weighted by molar-refractivity contribution is 8.13. The Morgan fingerprint density at radius 1 is 1.56 bits per heavy atom. The lowest BCUT2D eigenvalue weighted by Crippen LogP contribution is -2.40. The lowest BCUT2D eigenvalue weighted by atomic mass is 9.80. The lowest BCUT2D eigenvalue weighted by molar-refractivity contribution is 0.0905. The van der Waals surface area contributed by atoms with Gasteiger partial charge in [-0.3, -0.25) is 4.79 Å². The lowest BCUT2D eigenvalue weighted by Gasteiger charge is -2.31. The fourth-order valence-corrected chi connectivity index (χ4v) is 2.71. The van der Waals surface area contributed by atoms with Crippen LogP contribution in [0.1, 0.15) is 36.7 Å². The molecule has 1 unspecified atom stereocenters. The van der Waals surface area contributed by atoms with Crippen LogP contribution in [0, 0.1) is 5.92 Å². The van der Waals surface area contributed by atoms with Crippen LogP contribution in [0.25, 0.3) is 0 Å². The van der Waals surface area contributed by atoms with Crippen molar-refractivity contribution >= 4 is 25.6 Å². The fourth-order valence-electron chi connectivity index (χ4n) is 1.99. The van der Waals surface area contributed by atoms with E-state index in [0.717, 1.165) is 12.8 Å². The highest BCUT2D eigenvalue weighted by Crippen LogP contribution is 2.29. The average Bonchev–Trinajstić information content (AvgIpc) is 2.61. The molecule has 0 aliphatic heterocycles. The van der Waals surface area contributed by atoms with Gasteiger partial charge in [0.05, 0.1) is 0 Å². The number of hydrogen-bond acceptors (Lipinski definition) is 3. The van der Waals surface area contributed by atoms with Crippen molar-refractivity contribution in [2.24, 2.45) is 5.92 Å². The zero-order chi connectivity index (χ0) is 13.3. The zero-order valence-electron chi connectivity index (χ0n) is 9.94. The number of aromatic nitrogens is 1. The summed E-state index contributed by atoms with van der Waals surface area (Å²) >= 11 is 0. The Kier molecular flexibility index (Phi) is 3.68. The molecule has 1 atom stereocenters. The molecule has 1 amide bonds. The third-order valence-corrected chi connectivity index (χ3v) is 4.73. The molecule has 1 aromatic heterocycles. The Balaban J connectivity index is 2.02. The first-order chi connectivity index (χ1) is 8.38. The van der Waals surface area contributed by atoms with E-state index >= 15 is 0 Å². The first kappa shape index (κ1) is 13.4. The summed E-state index contributed by atoms with van der Waals surface area (Å²) in [6.07, 6.45) is 4.69. The Morgan fingerprint density at radius 2 is 2.22 bits per heavy atom. The smallest absolute Gasteiger partial charge is 0.267 e. The predicted molar refractivity (Wildman–Crippen MR) is 68.1 cm³/mol. The Morgan fingerprint density at radius 3 is 2.67 bits per heavy atom. The van der Waals surface area contributed by atoms with Crippen molar-refractivity contribution < 1.29 is 13.2 Å². The van der Waals surface area contributed by atoms with Crippen LogP contribution in [0.4, 0.5) is 0 Å². The number of carbonyl (C=O) groups is 1. The second kappa shape index (κ2) is 4.93. The molecule has 1 aliphatic carbocycles. The summed E-state index contributed by atoms with van der Waals surface area (Å²) < 4.78 is 22.1. The van der Waals surface area contributed by atoms with Crippen molar-refractivity contribution in [1.82, 2.24) is 10.3 Å². The molecule has 2 rings (SSSR count). The molecule has 0 saturated heterocycles. The van der Waals surface area contributed by atoms with E-state index < -0.39 is 9.05 Å². The molecule has 1 saturated carbocycles. The molecule has 7 heteroatoms. The Hall–Kier alpha value is -1.01. The van der Waals surface area contributed by atoms with E-state index in [1.165, 1.54) is 18.7 Å². The molecule has 2 N–H and O–H groups in total. The van der Waals surface area contributed by atoms with Gasteiger partial charge in [0.2, 0.25) is 0 Å². The molecular weight excluding hydrogens is 276 g/mol. The van der Waals surface area contributed by atoms with Gasteiger partial charge in [-0.05, 0) is 31.7 Å². The van der Waals surface area contributed by atoms with Gasteiger partial charge in [0, 0.05) is 22.9 Å². The van der Waals surface area contributed by atoms with Crippen molar-refractivity contribution in [1.29, 1.82) is 0 Å². The second-order valence-electron chi connectivity index (χ2n) is 4.64. The first-order valence-electron chi connectivity index (χ1n) is 5.82. The normalized spacial score (nSPS) is 18.1. The number of halogens is 1. The second-order valence-corrected chi connectivity index (χ2v) is 7.21. The van der Waals surface area contributed by atoms with Crippen molar-refractivity contribution in [2.45, 2.75) is 37.1 Å². The average molecular weight is 291 g/mol. The van der Waals surface area contributed by atoms with E-state index in [2.05, 4.69) is 10.3 Å². The highest BCUT2D eigenvalue weighted by atomic mass is 35.7. The largest absolute Gasteiger partial charge is 0.356 e. The van der Waals surface area contributed by atoms with Gasteiger partial charge in [-0.15, -0.1) is 0 Å². The summed E-state index contributed by atoms with van der Waals surface area (Å²) in [5.41, 5.74) is 0.209. The van der Waals surface area contributed by atoms with Crippen LogP contribution in [-0.2, 0) is 9.05 Å².